The Labute approximate surface area is 141 Å². The van der Waals surface area contributed by atoms with E-state index in [0.29, 0.717) is 17.3 Å². The van der Waals surface area contributed by atoms with E-state index in [4.69, 9.17) is 17.0 Å². The lowest BCUT2D eigenvalue weighted by Gasteiger charge is -2.16. The second-order valence-corrected chi connectivity index (χ2v) is 5.95. The monoisotopic (exact) mass is 336 g/mol. The van der Waals surface area contributed by atoms with Crippen LogP contribution in [0.2, 0.25) is 0 Å². The molecule has 0 saturated carbocycles. The van der Waals surface area contributed by atoms with Crippen LogP contribution in [0.25, 0.3) is 0 Å². The molecule has 0 unspecified atom stereocenters. The number of aromatic nitrogens is 3. The van der Waals surface area contributed by atoms with Crippen LogP contribution < -0.4 is 4.74 Å². The molecule has 0 atom stereocenters. The minimum absolute atomic E-state index is 0.103. The molecule has 1 N–H and O–H groups in total. The van der Waals surface area contributed by atoms with Gasteiger partial charge < -0.3 is 14.4 Å². The second-order valence-electron chi connectivity index (χ2n) is 5.59. The zero-order chi connectivity index (χ0) is 16.8. The van der Waals surface area contributed by atoms with Crippen LogP contribution in [0.15, 0.2) is 24.3 Å². The molecule has 0 spiro atoms. The Morgan fingerprint density at radius 3 is 2.57 bits per heavy atom. The van der Waals surface area contributed by atoms with Crippen LogP contribution in [-0.4, -0.2) is 45.1 Å². The van der Waals surface area contributed by atoms with Gasteiger partial charge in [-0.2, -0.15) is 5.10 Å². The van der Waals surface area contributed by atoms with E-state index in [-0.39, 0.29) is 6.61 Å². The van der Waals surface area contributed by atoms with Gasteiger partial charge >= 0.3 is 0 Å². The van der Waals surface area contributed by atoms with Crippen molar-refractivity contribution in [1.82, 2.24) is 19.2 Å². The predicted molar refractivity (Wildman–Crippen MR) is 91.9 cm³/mol. The van der Waals surface area contributed by atoms with Gasteiger partial charge in [0.2, 0.25) is 0 Å². The third kappa shape index (κ3) is 4.63. The summed E-state index contributed by atoms with van der Waals surface area (Å²) in [6, 6.07) is 8.17. The van der Waals surface area contributed by atoms with E-state index in [9.17, 15) is 5.11 Å². The molecule has 0 saturated heterocycles. The number of hydrogen-bond acceptors (Lipinski definition) is 5. The van der Waals surface area contributed by atoms with Crippen molar-refractivity contribution in [3.05, 3.63) is 40.4 Å². The first-order valence-electron chi connectivity index (χ1n) is 7.60. The van der Waals surface area contributed by atoms with Gasteiger partial charge in [-0.05, 0) is 56.3 Å². The van der Waals surface area contributed by atoms with E-state index in [1.165, 1.54) is 5.56 Å². The first-order valence-corrected chi connectivity index (χ1v) is 8.01. The van der Waals surface area contributed by atoms with Crippen LogP contribution in [0.5, 0.6) is 5.75 Å². The van der Waals surface area contributed by atoms with Crippen LogP contribution >= 0.6 is 12.2 Å². The maximum atomic E-state index is 9.23. The SMILES string of the molecule is COc1ccc(CCCN(C)Cn2nc(CO)n(C)c2=S)cc1. The summed E-state index contributed by atoms with van der Waals surface area (Å²) in [7, 11) is 5.54. The molecule has 0 bridgehead atoms. The lowest BCUT2D eigenvalue weighted by atomic mass is 10.1. The van der Waals surface area contributed by atoms with Crippen molar-refractivity contribution in [3.8, 4) is 5.75 Å². The molecule has 2 rings (SSSR count). The number of ether oxygens (including phenoxy) is 1. The maximum Gasteiger partial charge on any atom is 0.198 e. The van der Waals surface area contributed by atoms with Crippen molar-refractivity contribution in [2.24, 2.45) is 7.05 Å². The molecule has 0 aliphatic heterocycles. The molecule has 7 heteroatoms. The van der Waals surface area contributed by atoms with E-state index in [1.54, 1.807) is 16.4 Å². The number of methoxy groups -OCH3 is 1. The molecular weight excluding hydrogens is 312 g/mol. The molecule has 1 aromatic heterocycles. The van der Waals surface area contributed by atoms with Gasteiger partial charge in [0.1, 0.15) is 12.4 Å². The van der Waals surface area contributed by atoms with E-state index in [2.05, 4.69) is 22.1 Å². The molecular formula is C16H24N4O2S. The Kier molecular flexibility index (Phi) is 6.32. The Morgan fingerprint density at radius 1 is 1.30 bits per heavy atom. The first-order chi connectivity index (χ1) is 11.0. The van der Waals surface area contributed by atoms with E-state index >= 15 is 0 Å². The lowest BCUT2D eigenvalue weighted by molar-refractivity contribution is 0.242. The van der Waals surface area contributed by atoms with Crippen LogP contribution in [0.4, 0.5) is 0 Å². The fraction of sp³-hybridized carbons (Fsp3) is 0.500. The number of nitrogens with zero attached hydrogens (tertiary/aromatic N) is 4. The van der Waals surface area contributed by atoms with E-state index in [1.807, 2.05) is 26.2 Å². The molecule has 0 aliphatic carbocycles. The molecule has 1 aromatic carbocycles. The molecule has 1 heterocycles. The zero-order valence-corrected chi connectivity index (χ0v) is 14.7. The van der Waals surface area contributed by atoms with Gasteiger partial charge in [0, 0.05) is 7.05 Å². The highest BCUT2D eigenvalue weighted by molar-refractivity contribution is 7.71. The quantitative estimate of drug-likeness (QED) is 0.747. The van der Waals surface area contributed by atoms with Crippen LogP contribution in [0, 0.1) is 4.77 Å². The molecule has 0 fully saturated rings. The molecule has 126 valence electrons. The molecule has 0 radical (unpaired) electrons. The predicted octanol–water partition coefficient (Wildman–Crippen LogP) is 1.97. The van der Waals surface area contributed by atoms with Gasteiger partial charge in [-0.1, -0.05) is 12.1 Å². The number of benzene rings is 1. The van der Waals surface area contributed by atoms with Gasteiger partial charge in [0.25, 0.3) is 0 Å². The van der Waals surface area contributed by atoms with Gasteiger partial charge in [-0.25, -0.2) is 4.68 Å². The molecule has 0 aliphatic rings. The third-order valence-corrected chi connectivity index (χ3v) is 4.30. The second kappa shape index (κ2) is 8.24. The normalized spacial score (nSPS) is 11.2. The summed E-state index contributed by atoms with van der Waals surface area (Å²) in [6.45, 7) is 1.46. The topological polar surface area (TPSA) is 55.4 Å². The minimum atomic E-state index is -0.103. The summed E-state index contributed by atoms with van der Waals surface area (Å²) < 4.78 is 9.27. The van der Waals surface area contributed by atoms with Crippen molar-refractivity contribution in [2.45, 2.75) is 26.1 Å². The van der Waals surface area contributed by atoms with Gasteiger partial charge in [-0.3, -0.25) is 4.90 Å². The van der Waals surface area contributed by atoms with Crippen molar-refractivity contribution >= 4 is 12.2 Å². The van der Waals surface area contributed by atoms with Gasteiger partial charge in [-0.15, -0.1) is 0 Å². The standard InChI is InChI=1S/C16H24N4O2S/c1-18(12-20-16(23)19(2)15(11-21)17-20)10-4-5-13-6-8-14(22-3)9-7-13/h6-9,21H,4-5,10-12H2,1-3H3. The highest BCUT2D eigenvalue weighted by Crippen LogP contribution is 2.12. The van der Waals surface area contributed by atoms with Crippen molar-refractivity contribution in [2.75, 3.05) is 20.7 Å². The molecule has 2 aromatic rings. The molecule has 23 heavy (non-hydrogen) atoms. The number of aryl methyl sites for hydroxylation is 1. The van der Waals surface area contributed by atoms with Crippen molar-refractivity contribution in [3.63, 3.8) is 0 Å². The van der Waals surface area contributed by atoms with Gasteiger partial charge in [0.15, 0.2) is 10.6 Å². The molecule has 0 amide bonds. The number of rotatable bonds is 8. The van der Waals surface area contributed by atoms with Crippen LogP contribution in [-0.2, 0) is 26.7 Å². The van der Waals surface area contributed by atoms with Gasteiger partial charge in [0.05, 0.1) is 13.8 Å². The van der Waals surface area contributed by atoms with Crippen LogP contribution in [0.1, 0.15) is 17.8 Å². The Bertz CT molecular complexity index is 678. The largest absolute Gasteiger partial charge is 0.497 e. The zero-order valence-electron chi connectivity index (χ0n) is 13.9. The highest BCUT2D eigenvalue weighted by Gasteiger charge is 2.08. The summed E-state index contributed by atoms with van der Waals surface area (Å²) >= 11 is 5.33. The van der Waals surface area contributed by atoms with Crippen molar-refractivity contribution < 1.29 is 9.84 Å². The minimum Gasteiger partial charge on any atom is -0.497 e. The average molecular weight is 336 g/mol. The smallest absolute Gasteiger partial charge is 0.198 e. The van der Waals surface area contributed by atoms with E-state index < -0.39 is 0 Å². The Balaban J connectivity index is 1.83. The number of aliphatic hydroxyl groups excluding tert-OH is 1. The lowest BCUT2D eigenvalue weighted by Crippen LogP contribution is -2.24. The third-order valence-electron chi connectivity index (χ3n) is 3.81. The number of aliphatic hydroxyl groups is 1. The van der Waals surface area contributed by atoms with Crippen molar-refractivity contribution in [1.29, 1.82) is 0 Å². The Morgan fingerprint density at radius 2 is 2.00 bits per heavy atom. The fourth-order valence-electron chi connectivity index (χ4n) is 2.41. The summed E-state index contributed by atoms with van der Waals surface area (Å²) in [5.41, 5.74) is 1.30. The Hall–Kier alpha value is -1.70. The first kappa shape index (κ1) is 17.7. The number of hydrogen-bond donors (Lipinski definition) is 1. The fourth-order valence-corrected chi connectivity index (χ4v) is 2.61. The van der Waals surface area contributed by atoms with E-state index in [0.717, 1.165) is 25.1 Å². The summed E-state index contributed by atoms with van der Waals surface area (Å²) in [5.74, 6) is 1.47. The summed E-state index contributed by atoms with van der Waals surface area (Å²) in [4.78, 5) is 2.17. The summed E-state index contributed by atoms with van der Waals surface area (Å²) in [6.07, 6.45) is 2.07. The highest BCUT2D eigenvalue weighted by atomic mass is 32.1. The molecule has 6 nitrogen and oxygen atoms in total. The summed E-state index contributed by atoms with van der Waals surface area (Å²) in [5, 5.41) is 13.6. The average Bonchev–Trinajstić information content (AvgIpc) is 2.83. The van der Waals surface area contributed by atoms with Crippen LogP contribution in [0.3, 0.4) is 0 Å². The maximum absolute atomic E-state index is 9.23.